The monoisotopic (exact) mass is 521 g/mol. The average Bonchev–Trinajstić information content (AvgIpc) is 2.88. The number of rotatable bonds is 9. The van der Waals surface area contributed by atoms with E-state index in [9.17, 15) is 0 Å². The number of unbranched alkanes of at least 4 members (excludes halogenated alkanes) is 3. The fourth-order valence-electron chi connectivity index (χ4n) is 5.37. The minimum atomic E-state index is 0.771. The molecular weight excluding hydrogens is 487 g/mol. The summed E-state index contributed by atoms with van der Waals surface area (Å²) in [6, 6.07) is 14.4. The van der Waals surface area contributed by atoms with Gasteiger partial charge in [0.25, 0.3) is 0 Å². The van der Waals surface area contributed by atoms with Gasteiger partial charge in [-0.1, -0.05) is 36.0 Å². The highest BCUT2D eigenvalue weighted by atomic mass is 35.5. The number of aromatic nitrogens is 2. The second kappa shape index (κ2) is 11.2. The van der Waals surface area contributed by atoms with Crippen molar-refractivity contribution in [3.8, 4) is 0 Å². The Balaban J connectivity index is 1.14. The van der Waals surface area contributed by atoms with Gasteiger partial charge in [-0.3, -0.25) is 4.98 Å². The highest BCUT2D eigenvalue weighted by Gasteiger charge is 2.18. The number of anilines is 2. The predicted molar refractivity (Wildman–Crippen MR) is 154 cm³/mol. The maximum Gasteiger partial charge on any atom is 0.214 e. The molecule has 0 saturated heterocycles. The third-order valence-electron chi connectivity index (χ3n) is 7.44. The van der Waals surface area contributed by atoms with Gasteiger partial charge in [0.1, 0.15) is 7.05 Å². The molecule has 1 aliphatic carbocycles. The zero-order chi connectivity index (χ0) is 25.1. The van der Waals surface area contributed by atoms with E-state index in [-0.39, 0.29) is 0 Å². The van der Waals surface area contributed by atoms with Gasteiger partial charge >= 0.3 is 0 Å². The van der Waals surface area contributed by atoms with E-state index in [4.69, 9.17) is 28.2 Å². The number of pyridine rings is 2. The smallest absolute Gasteiger partial charge is 0.214 e. The van der Waals surface area contributed by atoms with Crippen LogP contribution in [0.5, 0.6) is 0 Å². The highest BCUT2D eigenvalue weighted by Crippen LogP contribution is 2.34. The van der Waals surface area contributed by atoms with Crippen molar-refractivity contribution >= 4 is 56.4 Å². The lowest BCUT2D eigenvalue weighted by Gasteiger charge is -2.22. The van der Waals surface area contributed by atoms with Crippen LogP contribution in [-0.2, 0) is 19.9 Å². The molecule has 5 rings (SSSR count). The van der Waals surface area contributed by atoms with Crippen molar-refractivity contribution in [2.45, 2.75) is 58.3 Å². The van der Waals surface area contributed by atoms with Crippen LogP contribution in [-0.4, -0.2) is 18.1 Å². The number of nitrogens with zero attached hydrogens (tertiary/aromatic N) is 2. The molecule has 0 radical (unpaired) electrons. The summed E-state index contributed by atoms with van der Waals surface area (Å²) in [6.45, 7) is 4.08. The second-order valence-corrected chi connectivity index (χ2v) is 10.8. The first-order valence-corrected chi connectivity index (χ1v) is 13.9. The molecule has 2 N–H and O–H groups in total. The molecule has 0 saturated carbocycles. The zero-order valence-electron chi connectivity index (χ0n) is 21.3. The van der Waals surface area contributed by atoms with Crippen LogP contribution in [0, 0.1) is 6.92 Å². The third-order valence-corrected chi connectivity index (χ3v) is 7.91. The van der Waals surface area contributed by atoms with E-state index >= 15 is 0 Å². The maximum atomic E-state index is 6.34. The van der Waals surface area contributed by atoms with E-state index in [2.05, 4.69) is 59.5 Å². The Bertz CT molecular complexity index is 1400. The molecule has 0 unspecified atom stereocenters. The van der Waals surface area contributed by atoms with E-state index < -0.39 is 0 Å². The molecule has 36 heavy (non-hydrogen) atoms. The number of hydrogen-bond donors (Lipinski definition) is 2. The number of aryl methyl sites for hydroxylation is 3. The van der Waals surface area contributed by atoms with Crippen molar-refractivity contribution in [1.82, 2.24) is 4.98 Å². The van der Waals surface area contributed by atoms with E-state index in [1.807, 2.05) is 12.1 Å². The molecule has 0 atom stereocenters. The Morgan fingerprint density at radius 1 is 0.833 bits per heavy atom. The molecule has 0 amide bonds. The molecule has 2 aromatic heterocycles. The van der Waals surface area contributed by atoms with Crippen LogP contribution in [0.25, 0.3) is 21.8 Å². The van der Waals surface area contributed by atoms with E-state index in [0.29, 0.717) is 0 Å². The molecular formula is C30H35Cl2N4+. The highest BCUT2D eigenvalue weighted by molar-refractivity contribution is 6.31. The fourth-order valence-corrected chi connectivity index (χ4v) is 5.72. The molecule has 0 fully saturated rings. The standard InChI is InChI=1S/C30H34Cl2N4/c1-20-17-28(24-18-22(32)12-14-29(24)36(20)2)33-15-7-3-4-8-16-34-30-23-9-5-6-10-26(23)35-27-13-11-21(31)19-25(27)30/h11-14,17-19H,3-10,15-16H2,1-2H3,(H,34,35)/p+1. The van der Waals surface area contributed by atoms with E-state index in [0.717, 1.165) is 65.4 Å². The van der Waals surface area contributed by atoms with Gasteiger partial charge in [0, 0.05) is 59.0 Å². The molecule has 0 aliphatic heterocycles. The number of hydrogen-bond acceptors (Lipinski definition) is 3. The Kier molecular flexibility index (Phi) is 7.83. The summed E-state index contributed by atoms with van der Waals surface area (Å²) in [7, 11) is 2.10. The number of fused-ring (bicyclic) bond motifs is 3. The summed E-state index contributed by atoms with van der Waals surface area (Å²) in [5, 5.41) is 11.3. The van der Waals surface area contributed by atoms with Crippen molar-refractivity contribution in [3.63, 3.8) is 0 Å². The van der Waals surface area contributed by atoms with Gasteiger partial charge in [-0.25, -0.2) is 0 Å². The van der Waals surface area contributed by atoms with Crippen LogP contribution >= 0.6 is 23.2 Å². The molecule has 0 spiro atoms. The van der Waals surface area contributed by atoms with Gasteiger partial charge in [0.05, 0.1) is 16.6 Å². The van der Waals surface area contributed by atoms with Crippen LogP contribution in [0.3, 0.4) is 0 Å². The lowest BCUT2D eigenvalue weighted by atomic mass is 9.92. The SMILES string of the molecule is Cc1cc(NCCCCCCNc2c3c(nc4ccc(Cl)cc24)CCCC3)c2cc(Cl)ccc2[n+]1C. The van der Waals surface area contributed by atoms with Gasteiger partial charge in [-0.05, 0) is 74.4 Å². The number of halogens is 2. The van der Waals surface area contributed by atoms with E-state index in [1.165, 1.54) is 59.2 Å². The topological polar surface area (TPSA) is 40.8 Å². The molecule has 0 bridgehead atoms. The molecule has 4 aromatic rings. The van der Waals surface area contributed by atoms with Crippen molar-refractivity contribution < 1.29 is 4.57 Å². The minimum absolute atomic E-state index is 0.771. The van der Waals surface area contributed by atoms with Gasteiger partial charge in [0.15, 0.2) is 5.69 Å². The van der Waals surface area contributed by atoms with Crippen molar-refractivity contribution in [3.05, 3.63) is 69.5 Å². The summed E-state index contributed by atoms with van der Waals surface area (Å²) >= 11 is 12.6. The number of nitrogens with one attached hydrogen (secondary N) is 2. The van der Waals surface area contributed by atoms with Gasteiger partial charge in [-0.2, -0.15) is 4.57 Å². The summed E-state index contributed by atoms with van der Waals surface area (Å²) in [6.07, 6.45) is 9.36. The van der Waals surface area contributed by atoms with E-state index in [1.54, 1.807) is 0 Å². The van der Waals surface area contributed by atoms with Crippen molar-refractivity contribution in [2.24, 2.45) is 7.05 Å². The molecule has 4 nitrogen and oxygen atoms in total. The van der Waals surface area contributed by atoms with Gasteiger partial charge < -0.3 is 10.6 Å². The first-order chi connectivity index (χ1) is 17.5. The number of benzene rings is 2. The quantitative estimate of drug-likeness (QED) is 0.174. The van der Waals surface area contributed by atoms with Gasteiger partial charge in [0.2, 0.25) is 5.52 Å². The normalized spacial score (nSPS) is 13.2. The molecule has 188 valence electrons. The fraction of sp³-hybridized carbons (Fsp3) is 0.400. The Labute approximate surface area is 224 Å². The predicted octanol–water partition coefficient (Wildman–Crippen LogP) is 7.79. The Hall–Kier alpha value is -2.56. The largest absolute Gasteiger partial charge is 0.384 e. The third kappa shape index (κ3) is 5.40. The zero-order valence-corrected chi connectivity index (χ0v) is 22.8. The Morgan fingerprint density at radius 2 is 1.53 bits per heavy atom. The van der Waals surface area contributed by atoms with Crippen molar-refractivity contribution in [2.75, 3.05) is 23.7 Å². The molecule has 2 heterocycles. The lowest BCUT2D eigenvalue weighted by molar-refractivity contribution is -0.651. The van der Waals surface area contributed by atoms with Crippen LogP contribution < -0.4 is 15.2 Å². The summed E-state index contributed by atoms with van der Waals surface area (Å²) < 4.78 is 2.21. The summed E-state index contributed by atoms with van der Waals surface area (Å²) in [4.78, 5) is 4.94. The molecule has 1 aliphatic rings. The second-order valence-electron chi connectivity index (χ2n) is 9.97. The van der Waals surface area contributed by atoms with Crippen LogP contribution in [0.4, 0.5) is 11.4 Å². The first-order valence-electron chi connectivity index (χ1n) is 13.2. The molecule has 2 aromatic carbocycles. The maximum absolute atomic E-state index is 6.34. The van der Waals surface area contributed by atoms with Gasteiger partial charge in [-0.15, -0.1) is 0 Å². The van der Waals surface area contributed by atoms with Crippen LogP contribution in [0.1, 0.15) is 55.5 Å². The molecule has 6 heteroatoms. The van der Waals surface area contributed by atoms with Crippen LogP contribution in [0.2, 0.25) is 10.0 Å². The average molecular weight is 523 g/mol. The summed E-state index contributed by atoms with van der Waals surface area (Å²) in [5.41, 5.74) is 8.56. The minimum Gasteiger partial charge on any atom is -0.384 e. The first kappa shape index (κ1) is 25.1. The van der Waals surface area contributed by atoms with Crippen LogP contribution in [0.15, 0.2) is 42.5 Å². The Morgan fingerprint density at radius 3 is 2.33 bits per heavy atom. The summed E-state index contributed by atoms with van der Waals surface area (Å²) in [5.74, 6) is 0. The van der Waals surface area contributed by atoms with Crippen molar-refractivity contribution in [1.29, 1.82) is 0 Å². The lowest BCUT2D eigenvalue weighted by Crippen LogP contribution is -2.33.